The lowest BCUT2D eigenvalue weighted by Gasteiger charge is -2.20. The summed E-state index contributed by atoms with van der Waals surface area (Å²) in [5.41, 5.74) is 2.60. The molecule has 2 nitrogen and oxygen atoms in total. The zero-order valence-electron chi connectivity index (χ0n) is 13.2. The van der Waals surface area contributed by atoms with Gasteiger partial charge in [-0.3, -0.25) is 0 Å². The van der Waals surface area contributed by atoms with E-state index in [-0.39, 0.29) is 0 Å². The van der Waals surface area contributed by atoms with E-state index in [0.717, 1.165) is 12.3 Å². The summed E-state index contributed by atoms with van der Waals surface area (Å²) in [5, 5.41) is 3.50. The standard InChI is InChI=1S/C18H29NO/c1-14(2)19-13-16-12-15(3)10-11-18(16)20-17-8-6-4-5-7-9-17/h10-12,14,17,19H,4-9,13H2,1-3H3. The number of hydrogen-bond acceptors (Lipinski definition) is 2. The van der Waals surface area contributed by atoms with Crippen molar-refractivity contribution in [3.8, 4) is 5.75 Å². The van der Waals surface area contributed by atoms with Gasteiger partial charge in [0.2, 0.25) is 0 Å². The first kappa shape index (κ1) is 15.4. The van der Waals surface area contributed by atoms with Crippen molar-refractivity contribution in [3.63, 3.8) is 0 Å². The summed E-state index contributed by atoms with van der Waals surface area (Å²) >= 11 is 0. The van der Waals surface area contributed by atoms with Crippen molar-refractivity contribution < 1.29 is 4.74 Å². The number of benzene rings is 1. The van der Waals surface area contributed by atoms with Gasteiger partial charge >= 0.3 is 0 Å². The third-order valence-corrected chi connectivity index (χ3v) is 4.01. The van der Waals surface area contributed by atoms with Crippen LogP contribution in [0.3, 0.4) is 0 Å². The van der Waals surface area contributed by atoms with Gasteiger partial charge in [-0.25, -0.2) is 0 Å². The molecule has 1 fully saturated rings. The normalized spacial score (nSPS) is 17.2. The molecule has 1 aliphatic rings. The molecule has 1 N–H and O–H groups in total. The Bertz CT molecular complexity index is 406. The van der Waals surface area contributed by atoms with Gasteiger partial charge in [0, 0.05) is 18.2 Å². The molecule has 0 spiro atoms. The van der Waals surface area contributed by atoms with Gasteiger partial charge in [0.1, 0.15) is 5.75 Å². The molecule has 20 heavy (non-hydrogen) atoms. The average Bonchev–Trinajstić information content (AvgIpc) is 2.67. The Balaban J connectivity index is 2.04. The van der Waals surface area contributed by atoms with E-state index in [0.29, 0.717) is 12.1 Å². The summed E-state index contributed by atoms with van der Waals surface area (Å²) in [6.07, 6.45) is 8.21. The SMILES string of the molecule is Cc1ccc(OC2CCCCCC2)c(CNC(C)C)c1. The fourth-order valence-corrected chi connectivity index (χ4v) is 2.81. The van der Waals surface area contributed by atoms with Crippen molar-refractivity contribution >= 4 is 0 Å². The fourth-order valence-electron chi connectivity index (χ4n) is 2.81. The molecule has 1 aromatic rings. The van der Waals surface area contributed by atoms with Crippen LogP contribution >= 0.6 is 0 Å². The Labute approximate surface area is 123 Å². The molecule has 0 atom stereocenters. The molecule has 1 aromatic carbocycles. The molecule has 0 bridgehead atoms. The second-order valence-corrected chi connectivity index (χ2v) is 6.38. The van der Waals surface area contributed by atoms with E-state index >= 15 is 0 Å². The van der Waals surface area contributed by atoms with E-state index in [1.165, 1.54) is 49.7 Å². The van der Waals surface area contributed by atoms with Gasteiger partial charge in [-0.2, -0.15) is 0 Å². The predicted octanol–water partition coefficient (Wildman–Crippen LogP) is 4.59. The average molecular weight is 275 g/mol. The molecule has 0 aromatic heterocycles. The van der Waals surface area contributed by atoms with Gasteiger partial charge in [-0.1, -0.05) is 44.4 Å². The van der Waals surface area contributed by atoms with E-state index in [4.69, 9.17) is 4.74 Å². The van der Waals surface area contributed by atoms with Crippen LogP contribution in [0.2, 0.25) is 0 Å². The van der Waals surface area contributed by atoms with Crippen molar-refractivity contribution in [2.45, 2.75) is 78.0 Å². The first-order valence-corrected chi connectivity index (χ1v) is 8.14. The monoisotopic (exact) mass is 275 g/mol. The summed E-state index contributed by atoms with van der Waals surface area (Å²) < 4.78 is 6.31. The molecule has 0 unspecified atom stereocenters. The van der Waals surface area contributed by atoms with E-state index < -0.39 is 0 Å². The predicted molar refractivity (Wildman–Crippen MR) is 85.3 cm³/mol. The van der Waals surface area contributed by atoms with Crippen molar-refractivity contribution in [2.75, 3.05) is 0 Å². The van der Waals surface area contributed by atoms with Crippen LogP contribution in [0.15, 0.2) is 18.2 Å². The second kappa shape index (κ2) is 7.68. The lowest BCUT2D eigenvalue weighted by atomic mass is 10.1. The topological polar surface area (TPSA) is 21.3 Å². The molecule has 0 aliphatic heterocycles. The van der Waals surface area contributed by atoms with Gasteiger partial charge in [0.25, 0.3) is 0 Å². The van der Waals surface area contributed by atoms with Crippen LogP contribution in [0.1, 0.15) is 63.5 Å². The Morgan fingerprint density at radius 2 is 1.85 bits per heavy atom. The maximum Gasteiger partial charge on any atom is 0.124 e. The number of aryl methyl sites for hydroxylation is 1. The zero-order chi connectivity index (χ0) is 14.4. The Kier molecular flexibility index (Phi) is 5.90. The van der Waals surface area contributed by atoms with Crippen LogP contribution in [-0.2, 0) is 6.54 Å². The van der Waals surface area contributed by atoms with Crippen molar-refractivity contribution in [1.82, 2.24) is 5.32 Å². The van der Waals surface area contributed by atoms with E-state index in [2.05, 4.69) is 44.3 Å². The lowest BCUT2D eigenvalue weighted by molar-refractivity contribution is 0.181. The van der Waals surface area contributed by atoms with Crippen LogP contribution in [0.4, 0.5) is 0 Å². The summed E-state index contributed by atoms with van der Waals surface area (Å²) in [6, 6.07) is 7.06. The van der Waals surface area contributed by atoms with Crippen LogP contribution < -0.4 is 10.1 Å². The molecule has 1 saturated carbocycles. The molecule has 2 rings (SSSR count). The highest BCUT2D eigenvalue weighted by Crippen LogP contribution is 2.26. The number of ether oxygens (including phenoxy) is 1. The summed E-state index contributed by atoms with van der Waals surface area (Å²) in [5.74, 6) is 1.08. The van der Waals surface area contributed by atoms with Gasteiger partial charge in [-0.15, -0.1) is 0 Å². The molecule has 0 amide bonds. The van der Waals surface area contributed by atoms with E-state index in [1.807, 2.05) is 0 Å². The molecular formula is C18H29NO. The Hall–Kier alpha value is -1.02. The minimum Gasteiger partial charge on any atom is -0.490 e. The largest absolute Gasteiger partial charge is 0.490 e. The third-order valence-electron chi connectivity index (χ3n) is 4.01. The van der Waals surface area contributed by atoms with Crippen molar-refractivity contribution in [1.29, 1.82) is 0 Å². The zero-order valence-corrected chi connectivity index (χ0v) is 13.2. The minimum atomic E-state index is 0.415. The number of nitrogens with one attached hydrogen (secondary N) is 1. The van der Waals surface area contributed by atoms with Gasteiger partial charge in [-0.05, 0) is 38.7 Å². The van der Waals surface area contributed by atoms with Gasteiger partial charge in [0.05, 0.1) is 6.10 Å². The smallest absolute Gasteiger partial charge is 0.124 e. The summed E-state index contributed by atoms with van der Waals surface area (Å²) in [6.45, 7) is 7.40. The van der Waals surface area contributed by atoms with E-state index in [9.17, 15) is 0 Å². The highest BCUT2D eigenvalue weighted by molar-refractivity contribution is 5.37. The number of rotatable bonds is 5. The van der Waals surface area contributed by atoms with Crippen LogP contribution in [0.25, 0.3) is 0 Å². The number of hydrogen-bond donors (Lipinski definition) is 1. The maximum absolute atomic E-state index is 6.31. The summed E-state index contributed by atoms with van der Waals surface area (Å²) in [4.78, 5) is 0. The second-order valence-electron chi connectivity index (χ2n) is 6.38. The summed E-state index contributed by atoms with van der Waals surface area (Å²) in [7, 11) is 0. The van der Waals surface area contributed by atoms with Crippen molar-refractivity contribution in [2.24, 2.45) is 0 Å². The first-order valence-electron chi connectivity index (χ1n) is 8.14. The lowest BCUT2D eigenvalue weighted by Crippen LogP contribution is -2.23. The Morgan fingerprint density at radius 1 is 1.15 bits per heavy atom. The molecule has 0 saturated heterocycles. The minimum absolute atomic E-state index is 0.415. The fraction of sp³-hybridized carbons (Fsp3) is 0.667. The Morgan fingerprint density at radius 3 is 2.50 bits per heavy atom. The quantitative estimate of drug-likeness (QED) is 0.793. The molecule has 0 heterocycles. The first-order chi connectivity index (χ1) is 9.65. The third kappa shape index (κ3) is 4.82. The van der Waals surface area contributed by atoms with Crippen LogP contribution in [0.5, 0.6) is 5.75 Å². The molecule has 0 radical (unpaired) electrons. The van der Waals surface area contributed by atoms with Crippen LogP contribution in [0, 0.1) is 6.92 Å². The van der Waals surface area contributed by atoms with Gasteiger partial charge in [0.15, 0.2) is 0 Å². The van der Waals surface area contributed by atoms with Crippen LogP contribution in [-0.4, -0.2) is 12.1 Å². The molecule has 1 aliphatic carbocycles. The van der Waals surface area contributed by atoms with Crippen molar-refractivity contribution in [3.05, 3.63) is 29.3 Å². The molecule has 112 valence electrons. The molecule has 2 heteroatoms. The molecular weight excluding hydrogens is 246 g/mol. The van der Waals surface area contributed by atoms with E-state index in [1.54, 1.807) is 0 Å². The van der Waals surface area contributed by atoms with Gasteiger partial charge < -0.3 is 10.1 Å². The highest BCUT2D eigenvalue weighted by Gasteiger charge is 2.15. The highest BCUT2D eigenvalue weighted by atomic mass is 16.5. The maximum atomic E-state index is 6.31.